The summed E-state index contributed by atoms with van der Waals surface area (Å²) in [5, 5.41) is 11.9. The van der Waals surface area contributed by atoms with Crippen molar-refractivity contribution in [3.63, 3.8) is 0 Å². The third kappa shape index (κ3) is 3.87. The van der Waals surface area contributed by atoms with Gasteiger partial charge in [-0.25, -0.2) is 4.98 Å². The SMILES string of the molecule is CCn1ccnc1CN1CC[C@](O)(c2ccccc2)[C@H](N2CCN(C)CC2)C1. The Morgan fingerprint density at radius 1 is 1.11 bits per heavy atom. The fraction of sp³-hybridized carbons (Fsp3) is 0.591. The van der Waals surface area contributed by atoms with Gasteiger partial charge >= 0.3 is 0 Å². The number of hydrogen-bond donors (Lipinski definition) is 1. The topological polar surface area (TPSA) is 47.8 Å². The van der Waals surface area contributed by atoms with Crippen molar-refractivity contribution >= 4 is 0 Å². The molecule has 0 radical (unpaired) electrons. The number of imidazole rings is 1. The monoisotopic (exact) mass is 383 g/mol. The smallest absolute Gasteiger partial charge is 0.122 e. The molecule has 6 heteroatoms. The van der Waals surface area contributed by atoms with Gasteiger partial charge in [-0.2, -0.15) is 0 Å². The van der Waals surface area contributed by atoms with Crippen molar-refractivity contribution in [1.29, 1.82) is 0 Å². The van der Waals surface area contributed by atoms with Crippen LogP contribution in [0.25, 0.3) is 0 Å². The molecule has 0 spiro atoms. The van der Waals surface area contributed by atoms with E-state index in [9.17, 15) is 5.11 Å². The average Bonchev–Trinajstić information content (AvgIpc) is 3.18. The van der Waals surface area contributed by atoms with E-state index in [1.807, 2.05) is 24.4 Å². The van der Waals surface area contributed by atoms with Crippen LogP contribution >= 0.6 is 0 Å². The molecule has 3 heterocycles. The lowest BCUT2D eigenvalue weighted by Crippen LogP contribution is -2.63. The van der Waals surface area contributed by atoms with Crippen LogP contribution in [-0.4, -0.2) is 81.7 Å². The van der Waals surface area contributed by atoms with Crippen molar-refractivity contribution in [3.8, 4) is 0 Å². The van der Waals surface area contributed by atoms with Gasteiger partial charge in [-0.05, 0) is 26.0 Å². The first-order valence-corrected chi connectivity index (χ1v) is 10.5. The van der Waals surface area contributed by atoms with Crippen molar-refractivity contribution in [2.75, 3.05) is 46.3 Å². The Labute approximate surface area is 168 Å². The highest BCUT2D eigenvalue weighted by atomic mass is 16.3. The summed E-state index contributed by atoms with van der Waals surface area (Å²) in [5.74, 6) is 1.12. The number of piperidine rings is 1. The molecule has 28 heavy (non-hydrogen) atoms. The number of aliphatic hydroxyl groups is 1. The summed E-state index contributed by atoms with van der Waals surface area (Å²) >= 11 is 0. The molecule has 6 nitrogen and oxygen atoms in total. The highest BCUT2D eigenvalue weighted by Crippen LogP contribution is 2.36. The maximum absolute atomic E-state index is 11.9. The molecule has 2 saturated heterocycles. The van der Waals surface area contributed by atoms with Crippen LogP contribution in [0.5, 0.6) is 0 Å². The van der Waals surface area contributed by atoms with Gasteiger partial charge < -0.3 is 14.6 Å². The second-order valence-corrected chi connectivity index (χ2v) is 8.26. The molecule has 0 unspecified atom stereocenters. The molecule has 4 rings (SSSR count). The van der Waals surface area contributed by atoms with Gasteiger partial charge in [-0.1, -0.05) is 30.3 Å². The molecule has 0 saturated carbocycles. The van der Waals surface area contributed by atoms with Gasteiger partial charge in [-0.15, -0.1) is 0 Å². The van der Waals surface area contributed by atoms with E-state index < -0.39 is 5.60 Å². The maximum Gasteiger partial charge on any atom is 0.122 e. The van der Waals surface area contributed by atoms with E-state index in [1.54, 1.807) is 0 Å². The molecule has 2 aliphatic rings. The summed E-state index contributed by atoms with van der Waals surface area (Å²) in [7, 11) is 2.18. The predicted octanol–water partition coefficient (Wildman–Crippen LogP) is 1.61. The number of aromatic nitrogens is 2. The van der Waals surface area contributed by atoms with Crippen LogP contribution in [0.4, 0.5) is 0 Å². The van der Waals surface area contributed by atoms with E-state index >= 15 is 0 Å². The highest BCUT2D eigenvalue weighted by Gasteiger charge is 2.46. The van der Waals surface area contributed by atoms with Crippen molar-refractivity contribution in [2.24, 2.45) is 0 Å². The number of likely N-dealkylation sites (N-methyl/N-ethyl adjacent to an activating group) is 1. The second-order valence-electron chi connectivity index (χ2n) is 8.26. The molecule has 1 N–H and O–H groups in total. The predicted molar refractivity (Wildman–Crippen MR) is 111 cm³/mol. The molecular weight excluding hydrogens is 350 g/mol. The fourth-order valence-corrected chi connectivity index (χ4v) is 4.72. The largest absolute Gasteiger partial charge is 0.383 e. The quantitative estimate of drug-likeness (QED) is 0.850. The molecule has 2 atom stereocenters. The lowest BCUT2D eigenvalue weighted by molar-refractivity contribution is -0.109. The Morgan fingerprint density at radius 2 is 1.86 bits per heavy atom. The summed E-state index contributed by atoms with van der Waals surface area (Å²) in [6.07, 6.45) is 4.69. The fourth-order valence-electron chi connectivity index (χ4n) is 4.72. The zero-order valence-corrected chi connectivity index (χ0v) is 17.2. The summed E-state index contributed by atoms with van der Waals surface area (Å²) in [6.45, 7) is 9.82. The van der Waals surface area contributed by atoms with Gasteiger partial charge in [0.15, 0.2) is 0 Å². The summed E-state index contributed by atoms with van der Waals surface area (Å²) < 4.78 is 2.21. The van der Waals surface area contributed by atoms with Crippen LogP contribution in [0.1, 0.15) is 24.7 Å². The van der Waals surface area contributed by atoms with Crippen LogP contribution in [0.2, 0.25) is 0 Å². The number of piperazine rings is 1. The number of nitrogens with zero attached hydrogens (tertiary/aromatic N) is 5. The van der Waals surface area contributed by atoms with Gasteiger partial charge in [0, 0.05) is 58.2 Å². The molecule has 0 bridgehead atoms. The van der Waals surface area contributed by atoms with Crippen molar-refractivity contribution in [3.05, 3.63) is 54.1 Å². The van der Waals surface area contributed by atoms with Crippen LogP contribution in [0.3, 0.4) is 0 Å². The second kappa shape index (κ2) is 8.33. The van der Waals surface area contributed by atoms with E-state index in [-0.39, 0.29) is 6.04 Å². The number of aryl methyl sites for hydroxylation is 1. The summed E-state index contributed by atoms with van der Waals surface area (Å²) in [5.41, 5.74) is 0.252. The Balaban J connectivity index is 1.57. The van der Waals surface area contributed by atoms with Gasteiger partial charge in [0.1, 0.15) is 11.4 Å². The van der Waals surface area contributed by atoms with Gasteiger partial charge in [0.05, 0.1) is 12.6 Å². The Kier molecular flexibility index (Phi) is 5.83. The zero-order chi connectivity index (χ0) is 19.6. The first kappa shape index (κ1) is 19.6. The van der Waals surface area contributed by atoms with Crippen molar-refractivity contribution < 1.29 is 5.11 Å². The minimum Gasteiger partial charge on any atom is -0.383 e. The molecule has 1 aromatic heterocycles. The molecule has 0 amide bonds. The Morgan fingerprint density at radius 3 is 2.57 bits per heavy atom. The highest BCUT2D eigenvalue weighted by molar-refractivity contribution is 5.26. The minimum absolute atomic E-state index is 0.0994. The van der Waals surface area contributed by atoms with Crippen LogP contribution in [0.15, 0.2) is 42.7 Å². The Bertz CT molecular complexity index is 755. The first-order valence-electron chi connectivity index (χ1n) is 10.5. The van der Waals surface area contributed by atoms with Gasteiger partial charge in [0.2, 0.25) is 0 Å². The van der Waals surface area contributed by atoms with E-state index in [2.05, 4.69) is 56.6 Å². The van der Waals surface area contributed by atoms with Crippen molar-refractivity contribution in [2.45, 2.75) is 38.1 Å². The molecule has 0 aliphatic carbocycles. The molecule has 2 aliphatic heterocycles. The summed E-state index contributed by atoms with van der Waals surface area (Å²) in [6, 6.07) is 10.4. The maximum atomic E-state index is 11.9. The molecule has 1 aromatic carbocycles. The lowest BCUT2D eigenvalue weighted by atomic mass is 9.79. The van der Waals surface area contributed by atoms with Crippen LogP contribution in [-0.2, 0) is 18.7 Å². The molecule has 2 fully saturated rings. The van der Waals surface area contributed by atoms with Crippen molar-refractivity contribution in [1.82, 2.24) is 24.3 Å². The third-order valence-corrected chi connectivity index (χ3v) is 6.55. The average molecular weight is 384 g/mol. The first-order chi connectivity index (χ1) is 13.6. The molecule has 2 aromatic rings. The Hall–Kier alpha value is -1.73. The standard InChI is InChI=1S/C22H33N5O/c1-3-26-12-10-23-21(26)18-25-11-9-22(28,19-7-5-4-6-8-19)20(17-25)27-15-13-24(2)14-16-27/h4-8,10,12,20,28H,3,9,11,13-18H2,1-2H3/t20-,22+/m1/s1. The molecular formula is C22H33N5O. The van der Waals surface area contributed by atoms with Crippen LogP contribution < -0.4 is 0 Å². The minimum atomic E-state index is -0.798. The van der Waals surface area contributed by atoms with E-state index in [0.717, 1.165) is 70.2 Å². The number of likely N-dealkylation sites (tertiary alicyclic amines) is 1. The lowest BCUT2D eigenvalue weighted by Gasteiger charge is -2.51. The third-order valence-electron chi connectivity index (χ3n) is 6.55. The van der Waals surface area contributed by atoms with E-state index in [1.165, 1.54) is 0 Å². The van der Waals surface area contributed by atoms with E-state index in [4.69, 9.17) is 0 Å². The zero-order valence-electron chi connectivity index (χ0n) is 17.2. The number of benzene rings is 1. The molecule has 152 valence electrons. The normalized spacial score (nSPS) is 27.9. The van der Waals surface area contributed by atoms with E-state index in [0.29, 0.717) is 0 Å². The van der Waals surface area contributed by atoms with Gasteiger partial charge in [-0.3, -0.25) is 9.80 Å². The summed E-state index contributed by atoms with van der Waals surface area (Å²) in [4.78, 5) is 11.9. The van der Waals surface area contributed by atoms with Gasteiger partial charge in [0.25, 0.3) is 0 Å². The number of hydrogen-bond acceptors (Lipinski definition) is 5. The number of rotatable bonds is 5. The van der Waals surface area contributed by atoms with Crippen LogP contribution in [0, 0.1) is 0 Å².